The van der Waals surface area contributed by atoms with Crippen LogP contribution in [0.4, 0.5) is 19.0 Å². The van der Waals surface area contributed by atoms with Crippen molar-refractivity contribution in [2.24, 2.45) is 16.8 Å². The number of β-amino-alcohol motifs (C(OH)–C–C–N with tert-alkyl or cyclic N) is 1. The number of aliphatic hydroxyl groups excluding tert-OH is 1. The Morgan fingerprint density at radius 2 is 2.03 bits per heavy atom. The van der Waals surface area contributed by atoms with Gasteiger partial charge in [0.05, 0.1) is 35.6 Å². The molecule has 1 saturated carbocycles. The van der Waals surface area contributed by atoms with E-state index in [9.17, 15) is 32.7 Å². The lowest BCUT2D eigenvalue weighted by Crippen LogP contribution is -2.51. The number of ketones is 1. The number of hydrogen-bond donors (Lipinski definition) is 2. The zero-order chi connectivity index (χ0) is 25.8. The number of aromatic nitrogens is 1. The van der Waals surface area contributed by atoms with Gasteiger partial charge >= 0.3 is 6.18 Å². The zero-order valence-corrected chi connectivity index (χ0v) is 19.5. The molecule has 1 aliphatic carbocycles. The summed E-state index contributed by atoms with van der Waals surface area (Å²) < 4.78 is 40.5. The van der Waals surface area contributed by atoms with E-state index in [-0.39, 0.29) is 47.8 Å². The van der Waals surface area contributed by atoms with Crippen LogP contribution < -0.4 is 10.2 Å². The topological polar surface area (TPSA) is 115 Å². The van der Waals surface area contributed by atoms with E-state index < -0.39 is 47.4 Å². The van der Waals surface area contributed by atoms with Crippen LogP contribution in [0.25, 0.3) is 0 Å². The number of carbonyl (C=O) groups is 3. The number of Topliss-reactive ketones (excluding diaryl/α,β-unsaturated/α-hetero) is 1. The van der Waals surface area contributed by atoms with E-state index in [1.165, 1.54) is 28.1 Å². The van der Waals surface area contributed by atoms with E-state index >= 15 is 0 Å². The third-order valence-electron chi connectivity index (χ3n) is 6.49. The summed E-state index contributed by atoms with van der Waals surface area (Å²) in [5.74, 6) is -3.45. The Bertz CT molecular complexity index is 1230. The molecule has 2 amide bonds. The Morgan fingerprint density at radius 1 is 1.28 bits per heavy atom. The number of nitrogens with one attached hydrogen (secondary N) is 1. The normalized spacial score (nSPS) is 25.2. The second-order valence-electron chi connectivity index (χ2n) is 9.10. The van der Waals surface area contributed by atoms with Gasteiger partial charge in [-0.25, -0.2) is 9.98 Å². The number of halogens is 4. The molecule has 3 aliphatic heterocycles. The van der Waals surface area contributed by atoms with Crippen molar-refractivity contribution < 1.29 is 32.7 Å². The number of amides is 2. The molecule has 1 unspecified atom stereocenters. The maximum absolute atomic E-state index is 13.5. The minimum Gasteiger partial charge on any atom is -0.391 e. The SMILES string of the molecule is O=C(N[C@H](C1CC1)C(F)(F)F)C1=CN(c2ncccc2Cl)C2=NC(N3C[C@@H](O)CC3=O)=CCC2C1=O. The quantitative estimate of drug-likeness (QED) is 0.572. The summed E-state index contributed by atoms with van der Waals surface area (Å²) in [5.41, 5.74) is -0.472. The fraction of sp³-hybridized carbons (Fsp3) is 0.435. The van der Waals surface area contributed by atoms with Gasteiger partial charge in [-0.3, -0.25) is 24.2 Å². The Hall–Kier alpha value is -3.25. The Morgan fingerprint density at radius 3 is 2.64 bits per heavy atom. The van der Waals surface area contributed by atoms with Crippen LogP contribution in [-0.2, 0) is 14.4 Å². The first kappa shape index (κ1) is 24.4. The molecule has 1 aromatic rings. The van der Waals surface area contributed by atoms with Crippen LogP contribution in [0.2, 0.25) is 5.02 Å². The zero-order valence-electron chi connectivity index (χ0n) is 18.7. The molecule has 5 rings (SSSR count). The molecule has 2 fully saturated rings. The van der Waals surface area contributed by atoms with Crippen LogP contribution >= 0.6 is 11.6 Å². The highest BCUT2D eigenvalue weighted by Gasteiger charge is 2.51. The summed E-state index contributed by atoms with van der Waals surface area (Å²) in [4.78, 5) is 49.8. The number of alkyl halides is 3. The molecule has 0 aromatic carbocycles. The van der Waals surface area contributed by atoms with Gasteiger partial charge in [0, 0.05) is 12.4 Å². The molecule has 9 nitrogen and oxygen atoms in total. The van der Waals surface area contributed by atoms with Gasteiger partial charge < -0.3 is 10.4 Å². The number of carbonyl (C=O) groups excluding carboxylic acids is 3. The number of aliphatic imine (C=N–C) groups is 1. The van der Waals surface area contributed by atoms with Gasteiger partial charge in [0.15, 0.2) is 11.6 Å². The molecule has 0 bridgehead atoms. The molecule has 1 saturated heterocycles. The minimum atomic E-state index is -4.65. The summed E-state index contributed by atoms with van der Waals surface area (Å²) in [6.07, 6.45) is -0.818. The second-order valence-corrected chi connectivity index (χ2v) is 9.51. The van der Waals surface area contributed by atoms with Crippen molar-refractivity contribution in [1.29, 1.82) is 0 Å². The summed E-state index contributed by atoms with van der Waals surface area (Å²) in [6, 6.07) is 1.04. The molecule has 1 aromatic heterocycles. The first-order valence-corrected chi connectivity index (χ1v) is 11.7. The largest absolute Gasteiger partial charge is 0.408 e. The van der Waals surface area contributed by atoms with Gasteiger partial charge in [0.25, 0.3) is 5.91 Å². The van der Waals surface area contributed by atoms with Gasteiger partial charge in [-0.15, -0.1) is 0 Å². The van der Waals surface area contributed by atoms with Crippen LogP contribution in [0.15, 0.2) is 47.0 Å². The number of rotatable bonds is 5. The van der Waals surface area contributed by atoms with Gasteiger partial charge in [0.1, 0.15) is 17.7 Å². The van der Waals surface area contributed by atoms with Crippen LogP contribution in [0, 0.1) is 11.8 Å². The van der Waals surface area contributed by atoms with Crippen molar-refractivity contribution in [1.82, 2.24) is 15.2 Å². The number of pyridine rings is 1. The average molecular weight is 524 g/mol. The van der Waals surface area contributed by atoms with Crippen molar-refractivity contribution in [2.45, 2.75) is 44.0 Å². The monoisotopic (exact) mass is 523 g/mol. The molecule has 13 heteroatoms. The highest BCUT2D eigenvalue weighted by molar-refractivity contribution is 6.35. The lowest BCUT2D eigenvalue weighted by Gasteiger charge is -2.35. The van der Waals surface area contributed by atoms with Crippen LogP contribution in [-0.4, -0.2) is 63.3 Å². The van der Waals surface area contributed by atoms with Crippen LogP contribution in [0.3, 0.4) is 0 Å². The standard InChI is InChI=1S/C23H21ClF3N5O4/c24-15-2-1-7-28-21(15)32-10-14(22(36)30-19(11-3-4-11)23(25,26)27)18(35)13-5-6-16(29-20(13)32)31-9-12(33)8-17(31)34/h1-2,6-7,10-13,19,33H,3-5,8-9H2,(H,30,36)/t12-,13?,19+/m0/s1. The maximum Gasteiger partial charge on any atom is 0.408 e. The number of hydrogen-bond acceptors (Lipinski definition) is 7. The Labute approximate surface area is 208 Å². The van der Waals surface area contributed by atoms with E-state index in [2.05, 4.69) is 9.98 Å². The molecule has 4 aliphatic rings. The lowest BCUT2D eigenvalue weighted by atomic mass is 9.88. The molecular weight excluding hydrogens is 503 g/mol. The highest BCUT2D eigenvalue weighted by atomic mass is 35.5. The van der Waals surface area contributed by atoms with E-state index in [0.29, 0.717) is 12.8 Å². The van der Waals surface area contributed by atoms with Gasteiger partial charge in [0.2, 0.25) is 5.91 Å². The van der Waals surface area contributed by atoms with Crippen LogP contribution in [0.1, 0.15) is 25.7 Å². The number of likely N-dealkylation sites (tertiary alicyclic amines) is 1. The number of amidine groups is 1. The molecule has 4 heterocycles. The van der Waals surface area contributed by atoms with Gasteiger partial charge in [-0.1, -0.05) is 11.6 Å². The highest BCUT2D eigenvalue weighted by Crippen LogP contribution is 2.41. The van der Waals surface area contributed by atoms with Gasteiger partial charge in [-0.2, -0.15) is 13.2 Å². The Kier molecular flexibility index (Phi) is 6.11. The summed E-state index contributed by atoms with van der Waals surface area (Å²) in [7, 11) is 0. The number of nitrogens with zero attached hydrogens (tertiary/aromatic N) is 4. The molecular formula is C23H21ClF3N5O4. The summed E-state index contributed by atoms with van der Waals surface area (Å²) in [6.45, 7) is 0.0356. The maximum atomic E-state index is 13.5. The van der Waals surface area contributed by atoms with Crippen molar-refractivity contribution in [3.8, 4) is 0 Å². The van der Waals surface area contributed by atoms with Crippen molar-refractivity contribution in [3.63, 3.8) is 0 Å². The van der Waals surface area contributed by atoms with Crippen LogP contribution in [0.5, 0.6) is 0 Å². The summed E-state index contributed by atoms with van der Waals surface area (Å²) in [5, 5.41) is 12.0. The molecule has 36 heavy (non-hydrogen) atoms. The molecule has 2 N–H and O–H groups in total. The summed E-state index contributed by atoms with van der Waals surface area (Å²) >= 11 is 6.32. The number of fused-ring (bicyclic) bond motifs is 1. The van der Waals surface area contributed by atoms with Crippen molar-refractivity contribution >= 4 is 40.9 Å². The molecule has 0 spiro atoms. The first-order chi connectivity index (χ1) is 17.0. The second kappa shape index (κ2) is 9.00. The Balaban J connectivity index is 1.53. The van der Waals surface area contributed by atoms with E-state index in [4.69, 9.17) is 11.6 Å². The predicted octanol–water partition coefficient (Wildman–Crippen LogP) is 2.32. The smallest absolute Gasteiger partial charge is 0.391 e. The van der Waals surface area contributed by atoms with E-state index in [1.54, 1.807) is 6.07 Å². The number of aliphatic hydroxyl groups is 1. The molecule has 0 radical (unpaired) electrons. The predicted molar refractivity (Wildman–Crippen MR) is 121 cm³/mol. The number of allylic oxidation sites excluding steroid dienone is 1. The third-order valence-corrected chi connectivity index (χ3v) is 6.78. The van der Waals surface area contributed by atoms with Crippen molar-refractivity contribution in [2.75, 3.05) is 11.4 Å². The van der Waals surface area contributed by atoms with E-state index in [1.807, 2.05) is 5.32 Å². The fourth-order valence-corrected chi connectivity index (χ4v) is 4.77. The molecule has 190 valence electrons. The minimum absolute atomic E-state index is 0.0315. The first-order valence-electron chi connectivity index (χ1n) is 11.3. The fourth-order valence-electron chi connectivity index (χ4n) is 4.55. The van der Waals surface area contributed by atoms with Gasteiger partial charge in [-0.05, 0) is 43.4 Å². The number of anilines is 1. The molecule has 3 atom stereocenters. The van der Waals surface area contributed by atoms with Crippen molar-refractivity contribution in [3.05, 3.63) is 47.0 Å². The lowest BCUT2D eigenvalue weighted by molar-refractivity contribution is -0.165. The average Bonchev–Trinajstić information content (AvgIpc) is 3.60. The van der Waals surface area contributed by atoms with E-state index in [0.717, 1.165) is 6.20 Å². The third kappa shape index (κ3) is 4.50.